The first-order valence-corrected chi connectivity index (χ1v) is 6.16. The van der Waals surface area contributed by atoms with Gasteiger partial charge in [0, 0.05) is 10.6 Å². The van der Waals surface area contributed by atoms with Crippen molar-refractivity contribution in [3.63, 3.8) is 0 Å². The second-order valence-corrected chi connectivity index (χ2v) is 5.57. The fourth-order valence-electron chi connectivity index (χ4n) is 1.41. The molecule has 0 fully saturated rings. The Morgan fingerprint density at radius 1 is 1.54 bits per heavy atom. The zero-order valence-corrected chi connectivity index (χ0v) is 9.06. The van der Waals surface area contributed by atoms with E-state index in [1.807, 2.05) is 11.8 Å². The third-order valence-electron chi connectivity index (χ3n) is 1.99. The maximum atomic E-state index is 10.9. The minimum absolute atomic E-state index is 0.335. The second kappa shape index (κ2) is 3.52. The van der Waals surface area contributed by atoms with Crippen molar-refractivity contribution in [2.45, 2.75) is 12.2 Å². The van der Waals surface area contributed by atoms with E-state index >= 15 is 0 Å². The zero-order chi connectivity index (χ0) is 9.42. The van der Waals surface area contributed by atoms with E-state index in [9.17, 15) is 4.79 Å². The van der Waals surface area contributed by atoms with Crippen LogP contribution in [-0.4, -0.2) is 16.8 Å². The molecule has 2 nitrogen and oxygen atoms in total. The lowest BCUT2D eigenvalue weighted by Gasteiger charge is -2.10. The predicted molar refractivity (Wildman–Crippen MR) is 56.2 cm³/mol. The molecule has 2 heterocycles. The lowest BCUT2D eigenvalue weighted by atomic mass is 10.1. The molecular weight excluding hydrogens is 228 g/mol. The summed E-state index contributed by atoms with van der Waals surface area (Å²) in [5.41, 5.74) is 1.29. The highest BCUT2D eigenvalue weighted by atomic mass is 35.5. The van der Waals surface area contributed by atoms with E-state index in [1.165, 1.54) is 11.3 Å². The molecule has 0 saturated carbocycles. The Morgan fingerprint density at radius 3 is 3.00 bits per heavy atom. The third-order valence-corrected chi connectivity index (χ3v) is 4.60. The number of hydrogen-bond acceptors (Lipinski definition) is 3. The van der Waals surface area contributed by atoms with Crippen molar-refractivity contribution >= 4 is 40.7 Å². The quantitative estimate of drug-likeness (QED) is 0.812. The monoisotopic (exact) mass is 234 g/mol. The van der Waals surface area contributed by atoms with Crippen LogP contribution in [0.3, 0.4) is 0 Å². The molecule has 0 aromatic carbocycles. The highest BCUT2D eigenvalue weighted by Gasteiger charge is 2.23. The summed E-state index contributed by atoms with van der Waals surface area (Å²) in [7, 11) is 0. The standard InChI is InChI=1S/C8H7ClO2S2/c9-7-6(8(10)11)4-1-2-12-3-5(4)13-7/h1-3H2,(H,10,11). The van der Waals surface area contributed by atoms with E-state index in [4.69, 9.17) is 16.7 Å². The molecule has 1 N–H and O–H groups in total. The summed E-state index contributed by atoms with van der Waals surface area (Å²) in [4.78, 5) is 12.0. The number of aromatic carboxylic acids is 1. The van der Waals surface area contributed by atoms with Crippen molar-refractivity contribution in [3.8, 4) is 0 Å². The van der Waals surface area contributed by atoms with Crippen molar-refractivity contribution < 1.29 is 9.90 Å². The molecule has 1 aromatic rings. The molecule has 1 aliphatic rings. The molecule has 1 aromatic heterocycles. The van der Waals surface area contributed by atoms with Crippen molar-refractivity contribution in [2.75, 3.05) is 5.75 Å². The van der Waals surface area contributed by atoms with Crippen LogP contribution < -0.4 is 0 Å². The number of carboxylic acid groups (broad SMARTS) is 1. The number of thiophene rings is 1. The molecule has 0 radical (unpaired) electrons. The van der Waals surface area contributed by atoms with Gasteiger partial charge in [0.2, 0.25) is 0 Å². The molecule has 0 saturated heterocycles. The van der Waals surface area contributed by atoms with Crippen molar-refractivity contribution in [1.29, 1.82) is 0 Å². The number of rotatable bonds is 1. The minimum atomic E-state index is -0.894. The highest BCUT2D eigenvalue weighted by molar-refractivity contribution is 7.98. The number of fused-ring (bicyclic) bond motifs is 1. The lowest BCUT2D eigenvalue weighted by Crippen LogP contribution is -2.05. The average molecular weight is 235 g/mol. The molecule has 70 valence electrons. The topological polar surface area (TPSA) is 37.3 Å². The molecular formula is C8H7ClO2S2. The lowest BCUT2D eigenvalue weighted by molar-refractivity contribution is 0.0696. The van der Waals surface area contributed by atoms with Gasteiger partial charge in [-0.1, -0.05) is 11.6 Å². The molecule has 0 aliphatic carbocycles. The molecule has 0 bridgehead atoms. The van der Waals surface area contributed by atoms with Gasteiger partial charge >= 0.3 is 5.97 Å². The largest absolute Gasteiger partial charge is 0.478 e. The predicted octanol–water partition coefficient (Wildman–Crippen LogP) is 2.89. The number of carboxylic acids is 1. The van der Waals surface area contributed by atoms with Crippen LogP contribution in [0.1, 0.15) is 20.8 Å². The van der Waals surface area contributed by atoms with Gasteiger partial charge < -0.3 is 5.11 Å². The Kier molecular flexibility index (Phi) is 2.53. The van der Waals surface area contributed by atoms with E-state index in [1.54, 1.807) is 0 Å². The van der Waals surface area contributed by atoms with Crippen molar-refractivity contribution in [1.82, 2.24) is 0 Å². The Hall–Kier alpha value is -0.190. The maximum Gasteiger partial charge on any atom is 0.338 e. The average Bonchev–Trinajstić information content (AvgIpc) is 2.39. The fraction of sp³-hybridized carbons (Fsp3) is 0.375. The van der Waals surface area contributed by atoms with Crippen molar-refractivity contribution in [2.24, 2.45) is 0 Å². The Balaban J connectivity index is 2.54. The first-order valence-electron chi connectivity index (χ1n) is 3.81. The summed E-state index contributed by atoms with van der Waals surface area (Å²) in [5, 5.41) is 8.93. The summed E-state index contributed by atoms with van der Waals surface area (Å²) < 4.78 is 0.431. The van der Waals surface area contributed by atoms with Gasteiger partial charge in [-0.2, -0.15) is 11.8 Å². The van der Waals surface area contributed by atoms with Gasteiger partial charge in [-0.15, -0.1) is 11.3 Å². The number of hydrogen-bond donors (Lipinski definition) is 1. The minimum Gasteiger partial charge on any atom is -0.478 e. The maximum absolute atomic E-state index is 10.9. The number of thioether (sulfide) groups is 1. The van der Waals surface area contributed by atoms with E-state index in [-0.39, 0.29) is 0 Å². The van der Waals surface area contributed by atoms with Crippen LogP contribution in [0.2, 0.25) is 4.34 Å². The molecule has 0 amide bonds. The zero-order valence-electron chi connectivity index (χ0n) is 6.67. The van der Waals surface area contributed by atoms with Crippen LogP contribution in [0.25, 0.3) is 0 Å². The van der Waals surface area contributed by atoms with Crippen molar-refractivity contribution in [3.05, 3.63) is 20.3 Å². The molecule has 13 heavy (non-hydrogen) atoms. The van der Waals surface area contributed by atoms with Crippen LogP contribution in [0.15, 0.2) is 0 Å². The van der Waals surface area contributed by atoms with E-state index in [2.05, 4.69) is 0 Å². The van der Waals surface area contributed by atoms with E-state index in [0.29, 0.717) is 9.90 Å². The molecule has 5 heteroatoms. The summed E-state index contributed by atoms with van der Waals surface area (Å²) in [6.45, 7) is 0. The van der Waals surface area contributed by atoms with Gasteiger partial charge in [-0.3, -0.25) is 0 Å². The fourth-order valence-corrected chi connectivity index (χ4v) is 4.08. The first-order chi connectivity index (χ1) is 6.20. The number of halogens is 1. The number of carbonyl (C=O) groups is 1. The van der Waals surface area contributed by atoms with E-state index in [0.717, 1.165) is 28.4 Å². The van der Waals surface area contributed by atoms with Crippen LogP contribution in [0.4, 0.5) is 0 Å². The van der Waals surface area contributed by atoms with Gasteiger partial charge in [0.15, 0.2) is 0 Å². The van der Waals surface area contributed by atoms with Crippen LogP contribution in [0, 0.1) is 0 Å². The van der Waals surface area contributed by atoms with Gasteiger partial charge in [0.25, 0.3) is 0 Å². The summed E-state index contributed by atoms with van der Waals surface area (Å²) >= 11 is 9.10. The molecule has 2 rings (SSSR count). The SMILES string of the molecule is O=C(O)c1c(Cl)sc2c1CCSC2. The van der Waals surface area contributed by atoms with Crippen LogP contribution >= 0.6 is 34.7 Å². The summed E-state index contributed by atoms with van der Waals surface area (Å²) in [5.74, 6) is 1.02. The Bertz CT molecular complexity index is 359. The summed E-state index contributed by atoms with van der Waals surface area (Å²) in [6.07, 6.45) is 0.838. The Labute approximate surface area is 88.9 Å². The normalized spacial score (nSPS) is 15.5. The molecule has 0 atom stereocenters. The highest BCUT2D eigenvalue weighted by Crippen LogP contribution is 2.38. The Morgan fingerprint density at radius 2 is 2.31 bits per heavy atom. The van der Waals surface area contributed by atoms with Gasteiger partial charge in [-0.05, 0) is 17.7 Å². The van der Waals surface area contributed by atoms with Crippen LogP contribution in [-0.2, 0) is 12.2 Å². The molecule has 0 spiro atoms. The molecule has 1 aliphatic heterocycles. The molecule has 0 unspecified atom stereocenters. The van der Waals surface area contributed by atoms with Crippen LogP contribution in [0.5, 0.6) is 0 Å². The second-order valence-electron chi connectivity index (χ2n) is 2.76. The van der Waals surface area contributed by atoms with Gasteiger partial charge in [-0.25, -0.2) is 4.79 Å². The smallest absolute Gasteiger partial charge is 0.338 e. The summed E-state index contributed by atoms with van der Waals surface area (Å²) in [6, 6.07) is 0. The van der Waals surface area contributed by atoms with Gasteiger partial charge in [0.1, 0.15) is 4.34 Å². The van der Waals surface area contributed by atoms with E-state index < -0.39 is 5.97 Å². The van der Waals surface area contributed by atoms with Gasteiger partial charge in [0.05, 0.1) is 5.56 Å². The first kappa shape index (κ1) is 9.37. The third kappa shape index (κ3) is 1.58.